The highest BCUT2D eigenvalue weighted by molar-refractivity contribution is 5.72. The zero-order valence-electron chi connectivity index (χ0n) is 18.3. The number of morpholine rings is 1. The van der Waals surface area contributed by atoms with Gasteiger partial charge in [0, 0.05) is 25.0 Å². The van der Waals surface area contributed by atoms with Crippen molar-refractivity contribution in [2.75, 3.05) is 43.5 Å². The highest BCUT2D eigenvalue weighted by Crippen LogP contribution is 2.28. The van der Waals surface area contributed by atoms with Crippen molar-refractivity contribution in [3.63, 3.8) is 0 Å². The van der Waals surface area contributed by atoms with Crippen LogP contribution in [0.5, 0.6) is 0 Å². The number of pyridine rings is 1. The molecule has 1 aliphatic rings. The van der Waals surface area contributed by atoms with E-state index in [9.17, 15) is 0 Å². The summed E-state index contributed by atoms with van der Waals surface area (Å²) in [6, 6.07) is 10.2. The molecule has 1 aromatic carbocycles. The van der Waals surface area contributed by atoms with E-state index < -0.39 is 0 Å². The van der Waals surface area contributed by atoms with E-state index in [0.717, 1.165) is 56.3 Å². The summed E-state index contributed by atoms with van der Waals surface area (Å²) in [5.74, 6) is 1.01. The van der Waals surface area contributed by atoms with Gasteiger partial charge < -0.3 is 25.9 Å². The van der Waals surface area contributed by atoms with Crippen LogP contribution in [0.1, 0.15) is 32.8 Å². The standard InChI is InChI=1S/C16H19N3O.C6H15N.CH2O/c1-12-2-3-14(17)11-15(12)13-4-5-18-16(10-13)19-6-8-20-9-7-19;1-6(2,3)4-5-7;1-2/h2-5,10-11H,6-9,17H2,1H3;4-5,7H2,1-3H3;1H2. The number of carbonyl (C=O) groups is 1. The number of nitrogen functional groups attached to an aromatic ring is 1. The molecular weight excluding hydrogens is 364 g/mol. The predicted molar refractivity (Wildman–Crippen MR) is 122 cm³/mol. The molecule has 0 bridgehead atoms. The minimum atomic E-state index is 0.425. The van der Waals surface area contributed by atoms with Gasteiger partial charge in [0.15, 0.2) is 0 Å². The zero-order valence-corrected chi connectivity index (χ0v) is 18.3. The quantitative estimate of drug-likeness (QED) is 0.764. The maximum absolute atomic E-state index is 8.00. The molecule has 1 fully saturated rings. The summed E-state index contributed by atoms with van der Waals surface area (Å²) in [7, 11) is 0. The molecule has 0 unspecified atom stereocenters. The van der Waals surface area contributed by atoms with Crippen LogP contribution in [-0.2, 0) is 9.53 Å². The van der Waals surface area contributed by atoms with E-state index >= 15 is 0 Å². The fraction of sp³-hybridized carbons (Fsp3) is 0.478. The number of hydrogen-bond donors (Lipinski definition) is 2. The molecule has 4 N–H and O–H groups in total. The lowest BCUT2D eigenvalue weighted by Gasteiger charge is -2.28. The third kappa shape index (κ3) is 8.62. The van der Waals surface area contributed by atoms with Gasteiger partial charge in [0.2, 0.25) is 0 Å². The van der Waals surface area contributed by atoms with Gasteiger partial charge >= 0.3 is 0 Å². The normalized spacial score (nSPS) is 13.6. The first-order valence-electron chi connectivity index (χ1n) is 9.94. The molecule has 1 aliphatic heterocycles. The number of hydrogen-bond acceptors (Lipinski definition) is 6. The van der Waals surface area contributed by atoms with Gasteiger partial charge in [-0.3, -0.25) is 0 Å². The molecular formula is C23H36N4O2. The summed E-state index contributed by atoms with van der Waals surface area (Å²) in [6.07, 6.45) is 2.98. The second-order valence-electron chi connectivity index (χ2n) is 8.18. The summed E-state index contributed by atoms with van der Waals surface area (Å²) in [6.45, 7) is 14.8. The zero-order chi connectivity index (χ0) is 21.9. The maximum atomic E-state index is 8.00. The van der Waals surface area contributed by atoms with Crippen LogP contribution in [0.4, 0.5) is 11.5 Å². The number of nitrogens with two attached hydrogens (primary N) is 2. The van der Waals surface area contributed by atoms with E-state index in [1.54, 1.807) is 0 Å². The van der Waals surface area contributed by atoms with E-state index in [1.165, 1.54) is 11.1 Å². The van der Waals surface area contributed by atoms with Crippen LogP contribution >= 0.6 is 0 Å². The number of anilines is 2. The monoisotopic (exact) mass is 400 g/mol. The molecule has 0 atom stereocenters. The Labute approximate surface area is 175 Å². The van der Waals surface area contributed by atoms with Crippen molar-refractivity contribution >= 4 is 18.3 Å². The lowest BCUT2D eigenvalue weighted by Crippen LogP contribution is -2.36. The van der Waals surface area contributed by atoms with E-state index in [1.807, 2.05) is 31.2 Å². The Balaban J connectivity index is 0.000000399. The fourth-order valence-corrected chi connectivity index (χ4v) is 2.93. The highest BCUT2D eigenvalue weighted by atomic mass is 16.5. The van der Waals surface area contributed by atoms with Gasteiger partial charge in [-0.2, -0.15) is 0 Å². The Hall–Kier alpha value is -2.44. The first-order chi connectivity index (χ1) is 13.8. The largest absolute Gasteiger partial charge is 0.399 e. The second kappa shape index (κ2) is 12.2. The number of aryl methyl sites for hydroxylation is 1. The first-order valence-corrected chi connectivity index (χ1v) is 9.94. The van der Waals surface area contributed by atoms with Crippen molar-refractivity contribution in [1.82, 2.24) is 4.98 Å². The number of rotatable bonds is 3. The fourth-order valence-electron chi connectivity index (χ4n) is 2.93. The van der Waals surface area contributed by atoms with Gasteiger partial charge in [0.1, 0.15) is 12.6 Å². The average Bonchev–Trinajstić information content (AvgIpc) is 2.72. The van der Waals surface area contributed by atoms with Crippen molar-refractivity contribution in [1.29, 1.82) is 0 Å². The summed E-state index contributed by atoms with van der Waals surface area (Å²) in [5, 5.41) is 0. The molecule has 29 heavy (non-hydrogen) atoms. The van der Waals surface area contributed by atoms with Crippen LogP contribution in [0.3, 0.4) is 0 Å². The second-order valence-corrected chi connectivity index (χ2v) is 8.18. The van der Waals surface area contributed by atoms with Crippen LogP contribution in [0, 0.1) is 12.3 Å². The summed E-state index contributed by atoms with van der Waals surface area (Å²) < 4.78 is 5.38. The molecule has 1 aromatic heterocycles. The van der Waals surface area contributed by atoms with Crippen LogP contribution in [0.2, 0.25) is 0 Å². The van der Waals surface area contributed by atoms with Crippen LogP contribution < -0.4 is 16.4 Å². The number of benzene rings is 1. The minimum absolute atomic E-state index is 0.425. The molecule has 0 amide bonds. The van der Waals surface area contributed by atoms with Gasteiger partial charge in [-0.1, -0.05) is 26.8 Å². The van der Waals surface area contributed by atoms with Gasteiger partial charge in [0.05, 0.1) is 13.2 Å². The van der Waals surface area contributed by atoms with Gasteiger partial charge in [-0.25, -0.2) is 4.98 Å². The number of carbonyl (C=O) groups excluding carboxylic acids is 1. The molecule has 0 spiro atoms. The first kappa shape index (κ1) is 24.6. The van der Waals surface area contributed by atoms with E-state index in [0.29, 0.717) is 5.41 Å². The van der Waals surface area contributed by atoms with E-state index in [2.05, 4.69) is 49.7 Å². The predicted octanol–water partition coefficient (Wildman–Crippen LogP) is 3.67. The van der Waals surface area contributed by atoms with Crippen molar-refractivity contribution in [2.24, 2.45) is 11.1 Å². The lowest BCUT2D eigenvalue weighted by molar-refractivity contribution is -0.0979. The summed E-state index contributed by atoms with van der Waals surface area (Å²) >= 11 is 0. The highest BCUT2D eigenvalue weighted by Gasteiger charge is 2.13. The lowest BCUT2D eigenvalue weighted by atomic mass is 9.93. The van der Waals surface area contributed by atoms with Crippen molar-refractivity contribution < 1.29 is 9.53 Å². The van der Waals surface area contributed by atoms with Gasteiger partial charge in [-0.05, 0) is 66.3 Å². The Kier molecular flexibility index (Phi) is 10.3. The van der Waals surface area contributed by atoms with Crippen molar-refractivity contribution in [2.45, 2.75) is 34.1 Å². The molecule has 160 valence electrons. The SMILES string of the molecule is C=O.CC(C)(C)CCN.Cc1ccc(N)cc1-c1ccnc(N2CCOCC2)c1. The summed E-state index contributed by atoms with van der Waals surface area (Å²) in [5.41, 5.74) is 16.0. The van der Waals surface area contributed by atoms with Crippen molar-refractivity contribution in [3.8, 4) is 11.1 Å². The number of aromatic nitrogens is 1. The third-order valence-corrected chi connectivity index (χ3v) is 4.55. The number of ether oxygens (including phenoxy) is 1. The Morgan fingerprint density at radius 1 is 1.14 bits per heavy atom. The molecule has 0 aliphatic carbocycles. The van der Waals surface area contributed by atoms with E-state index in [-0.39, 0.29) is 0 Å². The maximum Gasteiger partial charge on any atom is 0.129 e. The molecule has 0 saturated carbocycles. The van der Waals surface area contributed by atoms with Crippen molar-refractivity contribution in [3.05, 3.63) is 42.1 Å². The molecule has 6 heteroatoms. The Bertz CT molecular complexity index is 738. The van der Waals surface area contributed by atoms with Crippen LogP contribution in [0.25, 0.3) is 11.1 Å². The van der Waals surface area contributed by atoms with Gasteiger partial charge in [-0.15, -0.1) is 0 Å². The molecule has 0 radical (unpaired) electrons. The van der Waals surface area contributed by atoms with Crippen LogP contribution in [0.15, 0.2) is 36.5 Å². The summed E-state index contributed by atoms with van der Waals surface area (Å²) in [4.78, 5) is 14.7. The molecule has 2 heterocycles. The van der Waals surface area contributed by atoms with Crippen LogP contribution in [-0.4, -0.2) is 44.6 Å². The van der Waals surface area contributed by atoms with Gasteiger partial charge in [0.25, 0.3) is 0 Å². The minimum Gasteiger partial charge on any atom is -0.399 e. The average molecular weight is 401 g/mol. The molecule has 2 aromatic rings. The third-order valence-electron chi connectivity index (χ3n) is 4.55. The van der Waals surface area contributed by atoms with E-state index in [4.69, 9.17) is 21.0 Å². The topological polar surface area (TPSA) is 94.5 Å². The Morgan fingerprint density at radius 3 is 2.34 bits per heavy atom. The molecule has 1 saturated heterocycles. The molecule has 6 nitrogen and oxygen atoms in total. The smallest absolute Gasteiger partial charge is 0.129 e. The molecule has 3 rings (SSSR count). The Morgan fingerprint density at radius 2 is 1.79 bits per heavy atom. The number of nitrogens with zero attached hydrogens (tertiary/aromatic N) is 2.